The van der Waals surface area contributed by atoms with Crippen LogP contribution in [0, 0.1) is 17.6 Å². The first-order chi connectivity index (χ1) is 13.8. The molecule has 0 spiro atoms. The van der Waals surface area contributed by atoms with Gasteiger partial charge < -0.3 is 5.11 Å². The van der Waals surface area contributed by atoms with Crippen LogP contribution in [0.25, 0.3) is 0 Å². The summed E-state index contributed by atoms with van der Waals surface area (Å²) in [4.78, 5) is 35.7. The Bertz CT molecular complexity index is 876. The molecule has 0 aliphatic heterocycles. The number of carbonyl (C=O) groups is 3. The summed E-state index contributed by atoms with van der Waals surface area (Å²) in [6.07, 6.45) is 0.0917. The molecule has 2 N–H and O–H groups in total. The van der Waals surface area contributed by atoms with Crippen LogP contribution >= 0.6 is 11.8 Å². The van der Waals surface area contributed by atoms with Crippen molar-refractivity contribution in [2.45, 2.75) is 19.4 Å². The van der Waals surface area contributed by atoms with Gasteiger partial charge in [0.05, 0.1) is 12.6 Å². The smallest absolute Gasteiger partial charge is 0.317 e. The quantitative estimate of drug-likeness (QED) is 0.612. The van der Waals surface area contributed by atoms with E-state index in [9.17, 15) is 23.2 Å². The van der Waals surface area contributed by atoms with Crippen molar-refractivity contribution in [3.05, 3.63) is 71.3 Å². The lowest BCUT2D eigenvalue weighted by molar-refractivity contribution is -0.136. The van der Waals surface area contributed by atoms with Crippen molar-refractivity contribution in [2.24, 2.45) is 5.92 Å². The topological polar surface area (TPSA) is 83.5 Å². The highest BCUT2D eigenvalue weighted by Crippen LogP contribution is 2.25. The number of hydrogen-bond acceptors (Lipinski definition) is 5. The van der Waals surface area contributed by atoms with E-state index in [2.05, 4.69) is 5.32 Å². The zero-order valence-electron chi connectivity index (χ0n) is 15.7. The molecule has 5 nitrogen and oxygen atoms in total. The summed E-state index contributed by atoms with van der Waals surface area (Å²) in [6, 6.07) is 11.1. The van der Waals surface area contributed by atoms with E-state index < -0.39 is 36.1 Å². The van der Waals surface area contributed by atoms with Crippen LogP contribution in [0.1, 0.15) is 24.1 Å². The molecule has 2 aromatic rings. The Morgan fingerprint density at radius 2 is 1.76 bits per heavy atom. The van der Waals surface area contributed by atoms with Crippen LogP contribution in [0.5, 0.6) is 0 Å². The molecule has 2 aromatic carbocycles. The van der Waals surface area contributed by atoms with E-state index >= 15 is 0 Å². The van der Waals surface area contributed by atoms with Gasteiger partial charge in [-0.05, 0) is 29.7 Å². The molecule has 2 unspecified atom stereocenters. The van der Waals surface area contributed by atoms with E-state index in [4.69, 9.17) is 5.11 Å². The van der Waals surface area contributed by atoms with E-state index in [-0.39, 0.29) is 23.1 Å². The Morgan fingerprint density at radius 1 is 1.07 bits per heavy atom. The third-order valence-electron chi connectivity index (χ3n) is 4.23. The van der Waals surface area contributed by atoms with Crippen molar-refractivity contribution >= 4 is 28.6 Å². The van der Waals surface area contributed by atoms with Crippen LogP contribution in [-0.2, 0) is 20.8 Å². The first kappa shape index (κ1) is 22.7. The van der Waals surface area contributed by atoms with E-state index in [1.54, 1.807) is 30.3 Å². The Hall–Kier alpha value is -2.58. The van der Waals surface area contributed by atoms with Crippen LogP contribution < -0.4 is 5.32 Å². The highest BCUT2D eigenvalue weighted by atomic mass is 32.2. The molecule has 154 valence electrons. The molecule has 0 aliphatic carbocycles. The molecular formula is C21H21F2NO4S. The third kappa shape index (κ3) is 7.07. The van der Waals surface area contributed by atoms with Crippen molar-refractivity contribution in [3.8, 4) is 0 Å². The van der Waals surface area contributed by atoms with E-state index in [1.165, 1.54) is 13.0 Å². The molecule has 0 aromatic heterocycles. The van der Waals surface area contributed by atoms with Gasteiger partial charge in [-0.25, -0.2) is 8.78 Å². The molecule has 0 fully saturated rings. The number of carbonyl (C=O) groups excluding carboxylic acids is 2. The van der Waals surface area contributed by atoms with Crippen molar-refractivity contribution in [1.29, 1.82) is 0 Å². The standard InChI is InChI=1S/C21H21F2NO4S/c1-13(25)29-12-16(9-14-7-8-17(22)18(23)10-14)21(28)20(24-11-19(26)27)15-5-3-2-4-6-15/h2-8,10,16,20,24H,9,11-12H2,1H3,(H,26,27). The monoisotopic (exact) mass is 421 g/mol. The van der Waals surface area contributed by atoms with Gasteiger partial charge in [-0.3, -0.25) is 19.7 Å². The number of Topliss-reactive ketones (excluding diaryl/α,β-unsaturated/α-hetero) is 1. The van der Waals surface area contributed by atoms with E-state index in [0.717, 1.165) is 23.9 Å². The highest BCUT2D eigenvalue weighted by molar-refractivity contribution is 8.13. The minimum absolute atomic E-state index is 0.0917. The average molecular weight is 421 g/mol. The molecule has 0 radical (unpaired) electrons. The van der Waals surface area contributed by atoms with Gasteiger partial charge in [0.1, 0.15) is 0 Å². The van der Waals surface area contributed by atoms with Gasteiger partial charge in [0, 0.05) is 18.6 Å². The van der Waals surface area contributed by atoms with Crippen molar-refractivity contribution in [3.63, 3.8) is 0 Å². The van der Waals surface area contributed by atoms with Crippen LogP contribution in [0.4, 0.5) is 8.78 Å². The molecule has 0 bridgehead atoms. The second kappa shape index (κ2) is 10.8. The molecule has 2 rings (SSSR count). The number of thioether (sulfide) groups is 1. The zero-order valence-corrected chi connectivity index (χ0v) is 16.5. The predicted octanol–water partition coefficient (Wildman–Crippen LogP) is 3.39. The lowest BCUT2D eigenvalue weighted by Crippen LogP contribution is -2.37. The van der Waals surface area contributed by atoms with Crippen LogP contribution in [0.3, 0.4) is 0 Å². The van der Waals surface area contributed by atoms with E-state index in [1.807, 2.05) is 0 Å². The summed E-state index contributed by atoms with van der Waals surface area (Å²) in [5.41, 5.74) is 0.998. The first-order valence-corrected chi connectivity index (χ1v) is 9.87. The maximum Gasteiger partial charge on any atom is 0.317 e. The number of carboxylic acids is 1. The van der Waals surface area contributed by atoms with Crippen molar-refractivity contribution in [1.82, 2.24) is 5.32 Å². The van der Waals surface area contributed by atoms with Gasteiger partial charge in [0.2, 0.25) is 0 Å². The maximum atomic E-state index is 13.6. The number of hydrogen-bond donors (Lipinski definition) is 2. The number of ketones is 1. The van der Waals surface area contributed by atoms with Gasteiger partial charge in [-0.15, -0.1) is 0 Å². The highest BCUT2D eigenvalue weighted by Gasteiger charge is 2.29. The lowest BCUT2D eigenvalue weighted by Gasteiger charge is -2.23. The molecule has 2 atom stereocenters. The SMILES string of the molecule is CC(=O)SCC(Cc1ccc(F)c(F)c1)C(=O)C(NCC(=O)O)c1ccccc1. The minimum Gasteiger partial charge on any atom is -0.480 e. The largest absolute Gasteiger partial charge is 0.480 e. The van der Waals surface area contributed by atoms with Gasteiger partial charge in [0.15, 0.2) is 22.5 Å². The lowest BCUT2D eigenvalue weighted by atomic mass is 9.89. The predicted molar refractivity (Wildman–Crippen MR) is 107 cm³/mol. The molecule has 0 aliphatic rings. The number of rotatable bonds is 10. The Kier molecular flexibility index (Phi) is 8.48. The van der Waals surface area contributed by atoms with E-state index in [0.29, 0.717) is 11.1 Å². The number of carboxylic acid groups (broad SMARTS) is 1. The maximum absolute atomic E-state index is 13.6. The molecule has 8 heteroatoms. The fourth-order valence-electron chi connectivity index (χ4n) is 2.86. The summed E-state index contributed by atoms with van der Waals surface area (Å²) >= 11 is 0.960. The summed E-state index contributed by atoms with van der Waals surface area (Å²) in [5.74, 6) is -4.01. The first-order valence-electron chi connectivity index (χ1n) is 8.89. The van der Waals surface area contributed by atoms with Crippen LogP contribution in [0.2, 0.25) is 0 Å². The average Bonchev–Trinajstić information content (AvgIpc) is 2.68. The van der Waals surface area contributed by atoms with Crippen LogP contribution in [-0.4, -0.2) is 34.3 Å². The molecule has 0 saturated carbocycles. The molecule has 0 amide bonds. The summed E-state index contributed by atoms with van der Waals surface area (Å²) in [6.45, 7) is 0.949. The Labute approximate surface area is 171 Å². The Morgan fingerprint density at radius 3 is 2.34 bits per heavy atom. The number of benzene rings is 2. The molecule has 0 heterocycles. The second-order valence-electron chi connectivity index (χ2n) is 6.47. The van der Waals surface area contributed by atoms with Gasteiger partial charge >= 0.3 is 5.97 Å². The number of aliphatic carboxylic acids is 1. The fourth-order valence-corrected chi connectivity index (χ4v) is 3.58. The van der Waals surface area contributed by atoms with Gasteiger partial charge in [-0.1, -0.05) is 48.2 Å². The molecule has 29 heavy (non-hydrogen) atoms. The van der Waals surface area contributed by atoms with Crippen molar-refractivity contribution in [2.75, 3.05) is 12.3 Å². The van der Waals surface area contributed by atoms with Crippen LogP contribution in [0.15, 0.2) is 48.5 Å². The number of halogens is 2. The van der Waals surface area contributed by atoms with Crippen molar-refractivity contribution < 1.29 is 28.3 Å². The van der Waals surface area contributed by atoms with Gasteiger partial charge in [0.25, 0.3) is 0 Å². The molecule has 0 saturated heterocycles. The number of nitrogens with one attached hydrogen (secondary N) is 1. The minimum atomic E-state index is -1.12. The van der Waals surface area contributed by atoms with Gasteiger partial charge in [-0.2, -0.15) is 0 Å². The Balaban J connectivity index is 2.31. The third-order valence-corrected chi connectivity index (χ3v) is 5.21. The summed E-state index contributed by atoms with van der Waals surface area (Å²) < 4.78 is 26.8. The summed E-state index contributed by atoms with van der Waals surface area (Å²) in [5, 5.41) is 11.6. The second-order valence-corrected chi connectivity index (χ2v) is 7.67. The fraction of sp³-hybridized carbons (Fsp3) is 0.286. The normalized spacial score (nSPS) is 12.9. The summed E-state index contributed by atoms with van der Waals surface area (Å²) in [7, 11) is 0. The molecular weight excluding hydrogens is 400 g/mol. The zero-order chi connectivity index (χ0) is 21.4.